The van der Waals surface area contributed by atoms with Crippen molar-refractivity contribution in [3.05, 3.63) is 42.6 Å². The summed E-state index contributed by atoms with van der Waals surface area (Å²) in [6.45, 7) is 1.78. The van der Waals surface area contributed by atoms with Gasteiger partial charge in [-0.3, -0.25) is 4.79 Å². The number of carbonyl (C=O) groups is 1. The van der Waals surface area contributed by atoms with E-state index in [1.165, 1.54) is 0 Å². The van der Waals surface area contributed by atoms with E-state index in [9.17, 15) is 4.79 Å². The quantitative estimate of drug-likeness (QED) is 0.636. The summed E-state index contributed by atoms with van der Waals surface area (Å²) < 4.78 is 10.7. The van der Waals surface area contributed by atoms with Gasteiger partial charge in [-0.1, -0.05) is 12.1 Å². The molecule has 140 valence electrons. The van der Waals surface area contributed by atoms with Gasteiger partial charge >= 0.3 is 0 Å². The molecule has 0 fully saturated rings. The van der Waals surface area contributed by atoms with Gasteiger partial charge in [0.1, 0.15) is 5.82 Å². The summed E-state index contributed by atoms with van der Waals surface area (Å²) >= 11 is 0. The van der Waals surface area contributed by atoms with Crippen LogP contribution in [0.1, 0.15) is 6.42 Å². The average molecular weight is 358 g/mol. The fraction of sp³-hybridized carbons (Fsp3) is 0.368. The predicted octanol–water partition coefficient (Wildman–Crippen LogP) is 2.47. The zero-order valence-electron chi connectivity index (χ0n) is 15.5. The minimum absolute atomic E-state index is 0.118. The van der Waals surface area contributed by atoms with E-state index in [4.69, 9.17) is 9.47 Å². The molecule has 7 nitrogen and oxygen atoms in total. The molecule has 2 aromatic rings. The molecular weight excluding hydrogens is 332 g/mol. The van der Waals surface area contributed by atoms with Gasteiger partial charge in [0.2, 0.25) is 0 Å². The Bertz CT molecular complexity index is 689. The van der Waals surface area contributed by atoms with E-state index >= 15 is 0 Å². The van der Waals surface area contributed by atoms with Crippen molar-refractivity contribution in [2.24, 2.45) is 0 Å². The number of rotatable bonds is 10. The summed E-state index contributed by atoms with van der Waals surface area (Å²) in [5, 5.41) is 6.01. The molecule has 2 rings (SSSR count). The number of pyridine rings is 1. The van der Waals surface area contributed by atoms with Gasteiger partial charge in [0.05, 0.1) is 19.0 Å². The fourth-order valence-corrected chi connectivity index (χ4v) is 2.26. The highest BCUT2D eigenvalue weighted by Gasteiger charge is 2.08. The molecule has 0 aliphatic heterocycles. The van der Waals surface area contributed by atoms with E-state index in [2.05, 4.69) is 34.6 Å². The van der Waals surface area contributed by atoms with Crippen LogP contribution in [0.15, 0.2) is 42.6 Å². The van der Waals surface area contributed by atoms with Crippen molar-refractivity contribution < 1.29 is 14.3 Å². The third kappa shape index (κ3) is 6.60. The van der Waals surface area contributed by atoms with Gasteiger partial charge in [-0.05, 0) is 51.3 Å². The Balaban J connectivity index is 1.76. The van der Waals surface area contributed by atoms with Gasteiger partial charge in [-0.25, -0.2) is 4.98 Å². The van der Waals surface area contributed by atoms with E-state index in [1.807, 2.05) is 18.2 Å². The smallest absolute Gasteiger partial charge is 0.263 e. The zero-order chi connectivity index (χ0) is 18.8. The van der Waals surface area contributed by atoms with Crippen molar-refractivity contribution in [1.82, 2.24) is 9.88 Å². The number of hydrogen-bond acceptors (Lipinski definition) is 6. The van der Waals surface area contributed by atoms with Crippen LogP contribution < -0.4 is 20.1 Å². The van der Waals surface area contributed by atoms with Gasteiger partial charge in [0, 0.05) is 6.54 Å². The molecule has 1 amide bonds. The Morgan fingerprint density at radius 2 is 1.92 bits per heavy atom. The van der Waals surface area contributed by atoms with Crippen LogP contribution >= 0.6 is 0 Å². The SMILES string of the molecule is COc1ccccc1OCC(=O)Nc1ccc(NCCCN(C)C)cn1. The summed E-state index contributed by atoms with van der Waals surface area (Å²) in [6.07, 6.45) is 2.75. The number of anilines is 2. The number of amides is 1. The average Bonchev–Trinajstić information content (AvgIpc) is 2.65. The van der Waals surface area contributed by atoms with Crippen molar-refractivity contribution in [2.45, 2.75) is 6.42 Å². The van der Waals surface area contributed by atoms with Crippen LogP contribution in [0.5, 0.6) is 11.5 Å². The molecule has 0 radical (unpaired) electrons. The summed E-state index contributed by atoms with van der Waals surface area (Å²) in [4.78, 5) is 18.4. The number of benzene rings is 1. The molecule has 0 atom stereocenters. The molecule has 0 aliphatic rings. The molecule has 2 N–H and O–H groups in total. The summed E-state index contributed by atoms with van der Waals surface area (Å²) in [5.41, 5.74) is 0.923. The first kappa shape index (κ1) is 19.5. The summed E-state index contributed by atoms with van der Waals surface area (Å²) in [6, 6.07) is 10.8. The first-order valence-electron chi connectivity index (χ1n) is 8.49. The van der Waals surface area contributed by atoms with Crippen LogP contribution in [0, 0.1) is 0 Å². The number of methoxy groups -OCH3 is 1. The second-order valence-electron chi connectivity index (χ2n) is 6.00. The van der Waals surface area contributed by atoms with E-state index < -0.39 is 0 Å². The Labute approximate surface area is 154 Å². The lowest BCUT2D eigenvalue weighted by molar-refractivity contribution is -0.118. The van der Waals surface area contributed by atoms with E-state index in [1.54, 1.807) is 31.5 Å². The van der Waals surface area contributed by atoms with Gasteiger partial charge in [-0.15, -0.1) is 0 Å². The second-order valence-corrected chi connectivity index (χ2v) is 6.00. The summed E-state index contributed by atoms with van der Waals surface area (Å²) in [7, 11) is 5.66. The highest BCUT2D eigenvalue weighted by Crippen LogP contribution is 2.25. The highest BCUT2D eigenvalue weighted by molar-refractivity contribution is 5.91. The van der Waals surface area contributed by atoms with E-state index in [-0.39, 0.29) is 12.5 Å². The van der Waals surface area contributed by atoms with Crippen molar-refractivity contribution in [1.29, 1.82) is 0 Å². The summed E-state index contributed by atoms with van der Waals surface area (Å²) in [5.74, 6) is 1.31. The molecule has 7 heteroatoms. The lowest BCUT2D eigenvalue weighted by Gasteiger charge is -2.11. The van der Waals surface area contributed by atoms with Crippen LogP contribution in [0.2, 0.25) is 0 Å². The Morgan fingerprint density at radius 3 is 2.58 bits per heavy atom. The minimum atomic E-state index is -0.282. The van der Waals surface area contributed by atoms with Crippen LogP contribution in [0.3, 0.4) is 0 Å². The van der Waals surface area contributed by atoms with E-state index in [0.717, 1.165) is 25.2 Å². The van der Waals surface area contributed by atoms with Gasteiger partial charge in [-0.2, -0.15) is 0 Å². The molecule has 1 heterocycles. The van der Waals surface area contributed by atoms with Crippen molar-refractivity contribution >= 4 is 17.4 Å². The molecule has 26 heavy (non-hydrogen) atoms. The standard InChI is InChI=1S/C19H26N4O3/c1-23(2)12-6-11-20-15-9-10-18(21-13-15)22-19(24)14-26-17-8-5-4-7-16(17)25-3/h4-5,7-10,13,20H,6,11-12,14H2,1-3H3,(H,21,22,24). The van der Waals surface area contributed by atoms with Crippen LogP contribution in [0.4, 0.5) is 11.5 Å². The molecule has 0 saturated heterocycles. The van der Waals surface area contributed by atoms with Crippen molar-refractivity contribution in [3.8, 4) is 11.5 Å². The van der Waals surface area contributed by atoms with Crippen LogP contribution in [0.25, 0.3) is 0 Å². The predicted molar refractivity (Wildman–Crippen MR) is 103 cm³/mol. The molecule has 0 bridgehead atoms. The highest BCUT2D eigenvalue weighted by atomic mass is 16.5. The molecule has 0 unspecified atom stereocenters. The van der Waals surface area contributed by atoms with Gasteiger partial charge in [0.15, 0.2) is 18.1 Å². The number of para-hydroxylation sites is 2. The molecule has 0 aliphatic carbocycles. The lowest BCUT2D eigenvalue weighted by Crippen LogP contribution is -2.21. The minimum Gasteiger partial charge on any atom is -0.493 e. The zero-order valence-corrected chi connectivity index (χ0v) is 15.5. The monoisotopic (exact) mass is 358 g/mol. The first-order chi connectivity index (χ1) is 12.6. The third-order valence-electron chi connectivity index (χ3n) is 3.57. The largest absolute Gasteiger partial charge is 0.493 e. The molecule has 0 spiro atoms. The molecule has 1 aromatic carbocycles. The van der Waals surface area contributed by atoms with Crippen LogP contribution in [-0.2, 0) is 4.79 Å². The third-order valence-corrected chi connectivity index (χ3v) is 3.57. The molecule has 0 saturated carbocycles. The van der Waals surface area contributed by atoms with Crippen molar-refractivity contribution in [2.75, 3.05) is 51.5 Å². The number of carbonyl (C=O) groups excluding carboxylic acids is 1. The maximum absolute atomic E-state index is 12.0. The van der Waals surface area contributed by atoms with E-state index in [0.29, 0.717) is 17.3 Å². The maximum atomic E-state index is 12.0. The topological polar surface area (TPSA) is 75.7 Å². The number of hydrogen-bond donors (Lipinski definition) is 2. The lowest BCUT2D eigenvalue weighted by atomic mass is 10.3. The van der Waals surface area contributed by atoms with Gasteiger partial charge < -0.3 is 25.0 Å². The maximum Gasteiger partial charge on any atom is 0.263 e. The number of nitrogens with zero attached hydrogens (tertiary/aromatic N) is 2. The molecular formula is C19H26N4O3. The Kier molecular flexibility index (Phi) is 7.70. The van der Waals surface area contributed by atoms with Gasteiger partial charge in [0.25, 0.3) is 5.91 Å². The number of aromatic nitrogens is 1. The van der Waals surface area contributed by atoms with Crippen LogP contribution in [-0.4, -0.2) is 56.7 Å². The Morgan fingerprint density at radius 1 is 1.15 bits per heavy atom. The first-order valence-corrected chi connectivity index (χ1v) is 8.49. The Hall–Kier alpha value is -2.80. The normalized spacial score (nSPS) is 10.5. The number of nitrogens with one attached hydrogen (secondary N) is 2. The second kappa shape index (κ2) is 10.2. The molecule has 1 aromatic heterocycles. The fourth-order valence-electron chi connectivity index (χ4n) is 2.26. The van der Waals surface area contributed by atoms with Crippen molar-refractivity contribution in [3.63, 3.8) is 0 Å². The number of ether oxygens (including phenoxy) is 2.